The normalized spacial score (nSPS) is 11.4. The van der Waals surface area contributed by atoms with Crippen LogP contribution in [0.15, 0.2) is 37.1 Å². The van der Waals surface area contributed by atoms with Crippen molar-refractivity contribution in [3.63, 3.8) is 0 Å². The van der Waals surface area contributed by atoms with Gasteiger partial charge in [-0.05, 0) is 18.6 Å². The summed E-state index contributed by atoms with van der Waals surface area (Å²) in [5.74, 6) is 0.0832. The standard InChI is InChI=1S/C8H10F2O/c1-3-5-6-7(4-2)11-8(9)10/h3-4,6,8H,1-2,5H2/b7-6+. The van der Waals surface area contributed by atoms with Gasteiger partial charge in [-0.15, -0.1) is 6.58 Å². The topological polar surface area (TPSA) is 9.23 Å². The zero-order valence-corrected chi connectivity index (χ0v) is 6.09. The SMILES string of the molecule is C=CC/C=C(\C=C)OC(F)F. The van der Waals surface area contributed by atoms with Crippen LogP contribution in [-0.4, -0.2) is 6.61 Å². The van der Waals surface area contributed by atoms with Gasteiger partial charge in [-0.2, -0.15) is 8.78 Å². The molecular weight excluding hydrogens is 150 g/mol. The minimum Gasteiger partial charge on any atom is -0.435 e. The van der Waals surface area contributed by atoms with E-state index >= 15 is 0 Å². The van der Waals surface area contributed by atoms with Crippen LogP contribution in [0.1, 0.15) is 6.42 Å². The second-order valence-electron chi connectivity index (χ2n) is 1.71. The molecule has 1 nitrogen and oxygen atoms in total. The molecule has 0 spiro atoms. The van der Waals surface area contributed by atoms with Crippen molar-refractivity contribution in [2.75, 3.05) is 0 Å². The fourth-order valence-corrected chi connectivity index (χ4v) is 0.482. The van der Waals surface area contributed by atoms with Crippen LogP contribution in [0, 0.1) is 0 Å². The number of rotatable bonds is 5. The highest BCUT2D eigenvalue weighted by molar-refractivity contribution is 5.09. The lowest BCUT2D eigenvalue weighted by atomic mass is 10.3. The van der Waals surface area contributed by atoms with Crippen LogP contribution in [0.2, 0.25) is 0 Å². The van der Waals surface area contributed by atoms with Crippen molar-refractivity contribution in [1.82, 2.24) is 0 Å². The summed E-state index contributed by atoms with van der Waals surface area (Å²) in [6.07, 6.45) is 4.79. The maximum absolute atomic E-state index is 11.6. The molecule has 0 bridgehead atoms. The first-order valence-corrected chi connectivity index (χ1v) is 3.09. The van der Waals surface area contributed by atoms with E-state index in [0.717, 1.165) is 0 Å². The van der Waals surface area contributed by atoms with Crippen LogP contribution in [0.25, 0.3) is 0 Å². The van der Waals surface area contributed by atoms with E-state index in [1.54, 1.807) is 6.08 Å². The molecule has 0 heterocycles. The average Bonchev–Trinajstić information content (AvgIpc) is 1.97. The van der Waals surface area contributed by atoms with Crippen LogP contribution >= 0.6 is 0 Å². The van der Waals surface area contributed by atoms with Gasteiger partial charge in [0.1, 0.15) is 5.76 Å². The van der Waals surface area contributed by atoms with E-state index in [9.17, 15) is 8.78 Å². The van der Waals surface area contributed by atoms with Gasteiger partial charge in [0, 0.05) is 0 Å². The molecular formula is C8H10F2O. The summed E-state index contributed by atoms with van der Waals surface area (Å²) < 4.78 is 27.2. The molecule has 0 unspecified atom stereocenters. The lowest BCUT2D eigenvalue weighted by Gasteiger charge is -2.03. The Morgan fingerprint density at radius 2 is 2.09 bits per heavy atom. The van der Waals surface area contributed by atoms with Crippen LogP contribution in [0.3, 0.4) is 0 Å². The molecule has 0 aromatic carbocycles. The largest absolute Gasteiger partial charge is 0.435 e. The Kier molecular flexibility index (Phi) is 5.07. The van der Waals surface area contributed by atoms with Gasteiger partial charge in [-0.3, -0.25) is 0 Å². The van der Waals surface area contributed by atoms with E-state index < -0.39 is 6.61 Å². The molecule has 11 heavy (non-hydrogen) atoms. The van der Waals surface area contributed by atoms with E-state index in [4.69, 9.17) is 0 Å². The van der Waals surface area contributed by atoms with Crippen LogP contribution in [0.4, 0.5) is 8.78 Å². The smallest absolute Gasteiger partial charge is 0.387 e. The average molecular weight is 160 g/mol. The molecule has 0 aromatic rings. The van der Waals surface area contributed by atoms with Crippen molar-refractivity contribution in [3.05, 3.63) is 37.1 Å². The highest BCUT2D eigenvalue weighted by Crippen LogP contribution is 2.06. The van der Waals surface area contributed by atoms with E-state index in [-0.39, 0.29) is 5.76 Å². The van der Waals surface area contributed by atoms with Gasteiger partial charge in [-0.25, -0.2) is 0 Å². The molecule has 0 amide bonds. The number of allylic oxidation sites excluding steroid dienone is 3. The minimum absolute atomic E-state index is 0.0832. The van der Waals surface area contributed by atoms with Gasteiger partial charge in [0.2, 0.25) is 0 Å². The number of halogens is 2. The second kappa shape index (κ2) is 5.65. The van der Waals surface area contributed by atoms with Crippen LogP contribution in [0.5, 0.6) is 0 Å². The summed E-state index contributed by atoms with van der Waals surface area (Å²) in [6, 6.07) is 0. The van der Waals surface area contributed by atoms with Crippen molar-refractivity contribution in [3.8, 4) is 0 Å². The fourth-order valence-electron chi connectivity index (χ4n) is 0.482. The first-order chi connectivity index (χ1) is 5.20. The van der Waals surface area contributed by atoms with Gasteiger partial charge in [0.05, 0.1) is 0 Å². The molecule has 0 rings (SSSR count). The molecule has 0 aliphatic heterocycles. The Morgan fingerprint density at radius 1 is 1.45 bits per heavy atom. The summed E-state index contributed by atoms with van der Waals surface area (Å²) in [6.45, 7) is 3.94. The molecule has 0 N–H and O–H groups in total. The third-order valence-corrected chi connectivity index (χ3v) is 0.912. The second-order valence-corrected chi connectivity index (χ2v) is 1.71. The molecule has 0 saturated carbocycles. The van der Waals surface area contributed by atoms with Crippen molar-refractivity contribution >= 4 is 0 Å². The summed E-state index contributed by atoms with van der Waals surface area (Å²) in [5.41, 5.74) is 0. The van der Waals surface area contributed by atoms with E-state index in [1.165, 1.54) is 12.2 Å². The van der Waals surface area contributed by atoms with Crippen LogP contribution in [-0.2, 0) is 4.74 Å². The molecule has 0 atom stereocenters. The summed E-state index contributed by atoms with van der Waals surface area (Å²) >= 11 is 0. The first kappa shape index (κ1) is 9.88. The van der Waals surface area contributed by atoms with E-state index in [1.807, 2.05) is 0 Å². The van der Waals surface area contributed by atoms with Gasteiger partial charge in [0.25, 0.3) is 0 Å². The Bertz CT molecular complexity index is 161. The molecule has 0 aromatic heterocycles. The fraction of sp³-hybridized carbons (Fsp3) is 0.250. The molecule has 0 aliphatic carbocycles. The molecule has 3 heteroatoms. The maximum atomic E-state index is 11.6. The number of hydrogen-bond donors (Lipinski definition) is 0. The van der Waals surface area contributed by atoms with E-state index in [2.05, 4.69) is 17.9 Å². The Morgan fingerprint density at radius 3 is 2.45 bits per heavy atom. The van der Waals surface area contributed by atoms with Crippen LogP contribution < -0.4 is 0 Å². The quantitative estimate of drug-likeness (QED) is 0.341. The van der Waals surface area contributed by atoms with Gasteiger partial charge < -0.3 is 4.74 Å². The van der Waals surface area contributed by atoms with E-state index in [0.29, 0.717) is 6.42 Å². The Labute approximate surface area is 64.7 Å². The molecule has 62 valence electrons. The van der Waals surface area contributed by atoms with Crippen molar-refractivity contribution in [1.29, 1.82) is 0 Å². The number of hydrogen-bond acceptors (Lipinski definition) is 1. The molecule has 0 saturated heterocycles. The zero-order valence-electron chi connectivity index (χ0n) is 6.09. The predicted octanol–water partition coefficient (Wildman–Crippen LogP) is 2.87. The number of ether oxygens (including phenoxy) is 1. The predicted molar refractivity (Wildman–Crippen MR) is 40.2 cm³/mol. The first-order valence-electron chi connectivity index (χ1n) is 3.09. The maximum Gasteiger partial charge on any atom is 0.387 e. The lowest BCUT2D eigenvalue weighted by Crippen LogP contribution is -1.96. The Balaban J connectivity index is 3.93. The summed E-state index contributed by atoms with van der Waals surface area (Å²) in [5, 5.41) is 0. The van der Waals surface area contributed by atoms with Crippen molar-refractivity contribution < 1.29 is 13.5 Å². The monoisotopic (exact) mass is 160 g/mol. The molecule has 0 radical (unpaired) electrons. The highest BCUT2D eigenvalue weighted by atomic mass is 19.3. The summed E-state index contributed by atoms with van der Waals surface area (Å²) in [7, 11) is 0. The van der Waals surface area contributed by atoms with Gasteiger partial charge in [0.15, 0.2) is 0 Å². The lowest BCUT2D eigenvalue weighted by molar-refractivity contribution is -0.0921. The molecule has 0 aliphatic rings. The summed E-state index contributed by atoms with van der Waals surface area (Å²) in [4.78, 5) is 0. The highest BCUT2D eigenvalue weighted by Gasteiger charge is 2.02. The van der Waals surface area contributed by atoms with Crippen molar-refractivity contribution in [2.24, 2.45) is 0 Å². The number of alkyl halides is 2. The third kappa shape index (κ3) is 5.33. The minimum atomic E-state index is -2.79. The third-order valence-electron chi connectivity index (χ3n) is 0.912. The van der Waals surface area contributed by atoms with Gasteiger partial charge >= 0.3 is 6.61 Å². The molecule has 0 fully saturated rings. The zero-order chi connectivity index (χ0) is 8.69. The van der Waals surface area contributed by atoms with Crippen molar-refractivity contribution in [2.45, 2.75) is 13.0 Å². The van der Waals surface area contributed by atoms with Gasteiger partial charge in [-0.1, -0.05) is 12.7 Å². The Hall–Kier alpha value is -1.12.